The van der Waals surface area contributed by atoms with Crippen molar-refractivity contribution in [3.8, 4) is 17.2 Å². The van der Waals surface area contributed by atoms with Crippen LogP contribution in [-0.4, -0.2) is 37.4 Å². The summed E-state index contributed by atoms with van der Waals surface area (Å²) in [5.74, 6) is 2.30. The highest BCUT2D eigenvalue weighted by Gasteiger charge is 2.18. The topological polar surface area (TPSA) is 76.1 Å². The average Bonchev–Trinajstić information content (AvgIpc) is 3.00. The number of ether oxygens (including phenoxy) is 5. The zero-order valence-electron chi connectivity index (χ0n) is 23.1. The van der Waals surface area contributed by atoms with E-state index in [1.54, 1.807) is 19.1 Å². The van der Waals surface area contributed by atoms with Crippen molar-refractivity contribution in [2.75, 3.05) is 26.4 Å². The molecule has 1 aliphatic rings. The molecule has 0 saturated carbocycles. The summed E-state index contributed by atoms with van der Waals surface area (Å²) in [6, 6.07) is 23.0. The molecule has 1 saturated heterocycles. The Bertz CT molecular complexity index is 1430. The Hall–Kier alpha value is -4.10. The fraction of sp³-hybridized carbons (Fsp3) is 0.333. The Balaban J connectivity index is 1.36. The molecule has 3 aromatic carbocycles. The standard InChI is InChI=1S/C33H35NO6/c1-3-37-33(35)26-12-13-30-29(18-26)32(40-21-24-8-5-4-6-9-24)23(2)31(34-30)22-39-28-11-7-10-27(19-28)38-20-25-14-16-36-17-15-25/h4-13,18-19,25H,3,14-17,20-22H2,1-2H3. The number of aromatic nitrogens is 1. The molecule has 1 fully saturated rings. The molecule has 0 atom stereocenters. The highest BCUT2D eigenvalue weighted by molar-refractivity contribution is 5.96. The van der Waals surface area contributed by atoms with Gasteiger partial charge in [0, 0.05) is 30.2 Å². The van der Waals surface area contributed by atoms with E-state index in [1.807, 2.05) is 67.6 Å². The van der Waals surface area contributed by atoms with Crippen molar-refractivity contribution >= 4 is 16.9 Å². The minimum atomic E-state index is -0.373. The first-order valence-electron chi connectivity index (χ1n) is 13.8. The molecule has 7 heteroatoms. The minimum Gasteiger partial charge on any atom is -0.493 e. The molecule has 208 valence electrons. The molecule has 0 aliphatic carbocycles. The molecule has 5 rings (SSSR count). The molecule has 7 nitrogen and oxygen atoms in total. The molecule has 0 radical (unpaired) electrons. The van der Waals surface area contributed by atoms with Gasteiger partial charge in [0.25, 0.3) is 0 Å². The monoisotopic (exact) mass is 541 g/mol. The van der Waals surface area contributed by atoms with Crippen LogP contribution in [0.2, 0.25) is 0 Å². The van der Waals surface area contributed by atoms with Crippen LogP contribution in [0.25, 0.3) is 10.9 Å². The van der Waals surface area contributed by atoms with Crippen molar-refractivity contribution in [3.63, 3.8) is 0 Å². The summed E-state index contributed by atoms with van der Waals surface area (Å²) in [6.07, 6.45) is 2.05. The van der Waals surface area contributed by atoms with Gasteiger partial charge >= 0.3 is 5.97 Å². The van der Waals surface area contributed by atoms with Crippen LogP contribution in [-0.2, 0) is 22.7 Å². The fourth-order valence-corrected chi connectivity index (χ4v) is 4.71. The van der Waals surface area contributed by atoms with E-state index in [-0.39, 0.29) is 12.6 Å². The Morgan fingerprint density at radius 2 is 1.68 bits per heavy atom. The molecule has 0 bridgehead atoms. The number of rotatable bonds is 11. The van der Waals surface area contributed by atoms with Gasteiger partial charge in [-0.1, -0.05) is 36.4 Å². The second-order valence-electron chi connectivity index (χ2n) is 9.87. The third kappa shape index (κ3) is 6.90. The quantitative estimate of drug-likeness (QED) is 0.196. The molecule has 0 amide bonds. The van der Waals surface area contributed by atoms with E-state index in [0.717, 1.165) is 54.0 Å². The normalized spacial score (nSPS) is 13.7. The van der Waals surface area contributed by atoms with Gasteiger partial charge in [-0.05, 0) is 68.5 Å². The molecule has 1 aromatic heterocycles. The summed E-state index contributed by atoms with van der Waals surface area (Å²) in [6.45, 7) is 6.99. The maximum atomic E-state index is 12.4. The Labute approximate surface area is 235 Å². The summed E-state index contributed by atoms with van der Waals surface area (Å²) in [5.41, 5.74) is 3.84. The lowest BCUT2D eigenvalue weighted by molar-refractivity contribution is 0.0497. The summed E-state index contributed by atoms with van der Waals surface area (Å²) in [7, 11) is 0. The van der Waals surface area contributed by atoms with Crippen molar-refractivity contribution in [2.24, 2.45) is 5.92 Å². The van der Waals surface area contributed by atoms with E-state index in [0.29, 0.717) is 48.3 Å². The number of esters is 1. The zero-order chi connectivity index (χ0) is 27.7. The number of carbonyl (C=O) groups excluding carboxylic acids is 1. The van der Waals surface area contributed by atoms with Gasteiger partial charge in [0.1, 0.15) is 30.5 Å². The first kappa shape index (κ1) is 27.5. The van der Waals surface area contributed by atoms with Crippen LogP contribution in [0.5, 0.6) is 17.2 Å². The first-order chi connectivity index (χ1) is 19.6. The SMILES string of the molecule is CCOC(=O)c1ccc2nc(COc3cccc(OCC4CCOCC4)c3)c(C)c(OCc3ccccc3)c2c1. The van der Waals surface area contributed by atoms with E-state index in [9.17, 15) is 4.79 Å². The molecule has 4 aromatic rings. The lowest BCUT2D eigenvalue weighted by atomic mass is 10.0. The van der Waals surface area contributed by atoms with Crippen molar-refractivity contribution in [1.29, 1.82) is 0 Å². The van der Waals surface area contributed by atoms with Crippen molar-refractivity contribution in [3.05, 3.63) is 95.2 Å². The highest BCUT2D eigenvalue weighted by atomic mass is 16.5. The molecule has 1 aliphatic heterocycles. The van der Waals surface area contributed by atoms with Gasteiger partial charge in [0.15, 0.2) is 0 Å². The van der Waals surface area contributed by atoms with Crippen molar-refractivity contribution in [1.82, 2.24) is 4.98 Å². The molecule has 2 heterocycles. The number of nitrogens with zero attached hydrogens (tertiary/aromatic N) is 1. The van der Waals surface area contributed by atoms with Crippen LogP contribution in [0.1, 0.15) is 46.9 Å². The van der Waals surface area contributed by atoms with Gasteiger partial charge in [-0.3, -0.25) is 0 Å². The fourth-order valence-electron chi connectivity index (χ4n) is 4.71. The van der Waals surface area contributed by atoms with Crippen molar-refractivity contribution in [2.45, 2.75) is 39.9 Å². The zero-order valence-corrected chi connectivity index (χ0v) is 23.1. The van der Waals surface area contributed by atoms with Gasteiger partial charge < -0.3 is 23.7 Å². The molecular formula is C33H35NO6. The van der Waals surface area contributed by atoms with Crippen LogP contribution < -0.4 is 14.2 Å². The maximum Gasteiger partial charge on any atom is 0.338 e. The van der Waals surface area contributed by atoms with E-state index in [1.165, 1.54) is 0 Å². The third-order valence-corrected chi connectivity index (χ3v) is 7.01. The van der Waals surface area contributed by atoms with Gasteiger partial charge in [-0.15, -0.1) is 0 Å². The molecule has 40 heavy (non-hydrogen) atoms. The lowest BCUT2D eigenvalue weighted by Crippen LogP contribution is -2.21. The first-order valence-corrected chi connectivity index (χ1v) is 13.8. The number of hydrogen-bond acceptors (Lipinski definition) is 7. The van der Waals surface area contributed by atoms with Crippen LogP contribution >= 0.6 is 0 Å². The number of benzene rings is 3. The van der Waals surface area contributed by atoms with Crippen LogP contribution in [0.15, 0.2) is 72.8 Å². The van der Waals surface area contributed by atoms with E-state index < -0.39 is 0 Å². The highest BCUT2D eigenvalue weighted by Crippen LogP contribution is 2.33. The van der Waals surface area contributed by atoms with Crippen LogP contribution in [0, 0.1) is 12.8 Å². The average molecular weight is 542 g/mol. The Morgan fingerprint density at radius 1 is 0.900 bits per heavy atom. The molecule has 0 unspecified atom stereocenters. The Kier molecular flexibility index (Phi) is 9.14. The van der Waals surface area contributed by atoms with Gasteiger partial charge in [-0.2, -0.15) is 0 Å². The smallest absolute Gasteiger partial charge is 0.338 e. The van der Waals surface area contributed by atoms with Gasteiger partial charge in [0.05, 0.1) is 30.0 Å². The summed E-state index contributed by atoms with van der Waals surface area (Å²) in [4.78, 5) is 17.3. The van der Waals surface area contributed by atoms with Crippen molar-refractivity contribution < 1.29 is 28.5 Å². The number of hydrogen-bond donors (Lipinski definition) is 0. The maximum absolute atomic E-state index is 12.4. The predicted molar refractivity (Wildman–Crippen MR) is 153 cm³/mol. The Morgan fingerprint density at radius 3 is 2.45 bits per heavy atom. The van der Waals surface area contributed by atoms with E-state index >= 15 is 0 Å². The molecule has 0 spiro atoms. The number of pyridine rings is 1. The number of carbonyl (C=O) groups is 1. The largest absolute Gasteiger partial charge is 0.493 e. The second-order valence-corrected chi connectivity index (χ2v) is 9.87. The molecular weight excluding hydrogens is 506 g/mol. The predicted octanol–water partition coefficient (Wildman–Crippen LogP) is 6.68. The number of fused-ring (bicyclic) bond motifs is 1. The van der Waals surface area contributed by atoms with E-state index in [2.05, 4.69) is 0 Å². The van der Waals surface area contributed by atoms with E-state index in [4.69, 9.17) is 28.7 Å². The van der Waals surface area contributed by atoms with Gasteiger partial charge in [0.2, 0.25) is 0 Å². The second kappa shape index (κ2) is 13.3. The van der Waals surface area contributed by atoms with Gasteiger partial charge in [-0.25, -0.2) is 9.78 Å². The summed E-state index contributed by atoms with van der Waals surface area (Å²) >= 11 is 0. The summed E-state index contributed by atoms with van der Waals surface area (Å²) in [5, 5.41) is 0.756. The third-order valence-electron chi connectivity index (χ3n) is 7.01. The van der Waals surface area contributed by atoms with Crippen LogP contribution in [0.4, 0.5) is 0 Å². The lowest BCUT2D eigenvalue weighted by Gasteiger charge is -2.22. The van der Waals surface area contributed by atoms with Crippen LogP contribution in [0.3, 0.4) is 0 Å². The molecule has 0 N–H and O–H groups in total. The summed E-state index contributed by atoms with van der Waals surface area (Å²) < 4.78 is 29.2. The minimum absolute atomic E-state index is 0.256.